The predicted octanol–water partition coefficient (Wildman–Crippen LogP) is 1.12. The monoisotopic (exact) mass is 415 g/mol. The number of hydrogen-bond acceptors (Lipinski definition) is 6. The Morgan fingerprint density at radius 1 is 1.07 bits per heavy atom. The number of nitrogens with zero attached hydrogens (tertiary/aromatic N) is 1. The van der Waals surface area contributed by atoms with Gasteiger partial charge >= 0.3 is 12.0 Å². The number of benzene rings is 1. The molecule has 0 unspecified atom stereocenters. The number of ether oxygens (including phenoxy) is 1. The molecular weight excluding hydrogens is 390 g/mol. The second-order valence-corrected chi connectivity index (χ2v) is 7.54. The molecule has 9 nitrogen and oxygen atoms in total. The molecule has 5 amide bonds. The SMILES string of the molecule is C[C@@H](C(=O)OCC(=O)NC(=O)NCc1ccccc1)N1C(=O)[C@@H]2CCCC[C@H]2C1=O. The van der Waals surface area contributed by atoms with E-state index in [-0.39, 0.29) is 30.2 Å². The normalized spacial score (nSPS) is 21.6. The summed E-state index contributed by atoms with van der Waals surface area (Å²) in [6.45, 7) is 0.948. The molecule has 0 bridgehead atoms. The third-order valence-electron chi connectivity index (χ3n) is 5.50. The van der Waals surface area contributed by atoms with E-state index in [0.717, 1.165) is 23.3 Å². The van der Waals surface area contributed by atoms with Crippen molar-refractivity contribution < 1.29 is 28.7 Å². The van der Waals surface area contributed by atoms with Crippen LogP contribution >= 0.6 is 0 Å². The molecule has 3 rings (SSSR count). The van der Waals surface area contributed by atoms with Crippen molar-refractivity contribution in [3.05, 3.63) is 35.9 Å². The Labute approximate surface area is 174 Å². The summed E-state index contributed by atoms with van der Waals surface area (Å²) in [4.78, 5) is 61.9. The minimum Gasteiger partial charge on any atom is -0.454 e. The van der Waals surface area contributed by atoms with Crippen molar-refractivity contribution in [1.82, 2.24) is 15.5 Å². The summed E-state index contributed by atoms with van der Waals surface area (Å²) < 4.78 is 4.91. The van der Waals surface area contributed by atoms with Crippen LogP contribution in [0.3, 0.4) is 0 Å². The van der Waals surface area contributed by atoms with Crippen molar-refractivity contribution in [2.45, 2.75) is 45.2 Å². The molecule has 3 atom stereocenters. The van der Waals surface area contributed by atoms with E-state index >= 15 is 0 Å². The number of urea groups is 1. The smallest absolute Gasteiger partial charge is 0.329 e. The molecule has 2 N–H and O–H groups in total. The second kappa shape index (κ2) is 9.51. The first-order valence-electron chi connectivity index (χ1n) is 10.0. The van der Waals surface area contributed by atoms with Crippen molar-refractivity contribution in [3.8, 4) is 0 Å². The molecule has 2 aliphatic rings. The Kier molecular flexibility index (Phi) is 6.81. The first kappa shape index (κ1) is 21.5. The van der Waals surface area contributed by atoms with Crippen LogP contribution in [0.25, 0.3) is 0 Å². The molecule has 30 heavy (non-hydrogen) atoms. The van der Waals surface area contributed by atoms with Crippen molar-refractivity contribution >= 4 is 29.7 Å². The molecule has 2 fully saturated rings. The van der Waals surface area contributed by atoms with Crippen molar-refractivity contribution in [2.75, 3.05) is 6.61 Å². The minimum atomic E-state index is -1.12. The average Bonchev–Trinajstić information content (AvgIpc) is 3.01. The van der Waals surface area contributed by atoms with Gasteiger partial charge in [0, 0.05) is 6.54 Å². The van der Waals surface area contributed by atoms with Gasteiger partial charge < -0.3 is 10.1 Å². The fraction of sp³-hybridized carbons (Fsp3) is 0.476. The molecular formula is C21H25N3O6. The number of likely N-dealkylation sites (tertiary alicyclic amines) is 1. The van der Waals surface area contributed by atoms with Crippen LogP contribution in [0.15, 0.2) is 30.3 Å². The van der Waals surface area contributed by atoms with E-state index in [9.17, 15) is 24.0 Å². The Bertz CT molecular complexity index is 816. The lowest BCUT2D eigenvalue weighted by atomic mass is 9.81. The number of carbonyl (C=O) groups excluding carboxylic acids is 5. The standard InChI is InChI=1S/C21H25N3O6/c1-13(24-18(26)15-9-5-6-10-16(15)19(24)27)20(28)30-12-17(25)23-21(29)22-11-14-7-3-2-4-8-14/h2-4,7-8,13,15-16H,5-6,9-12H2,1H3,(H2,22,23,25,29)/t13-,15+,16+/m0/s1. The average molecular weight is 415 g/mol. The summed E-state index contributed by atoms with van der Waals surface area (Å²) in [7, 11) is 0. The van der Waals surface area contributed by atoms with Gasteiger partial charge in [-0.15, -0.1) is 0 Å². The number of imide groups is 2. The van der Waals surface area contributed by atoms with Crippen molar-refractivity contribution in [3.63, 3.8) is 0 Å². The third-order valence-corrected chi connectivity index (χ3v) is 5.50. The Morgan fingerprint density at radius 3 is 2.27 bits per heavy atom. The lowest BCUT2D eigenvalue weighted by Crippen LogP contribution is -2.46. The summed E-state index contributed by atoms with van der Waals surface area (Å²) in [5, 5.41) is 4.57. The van der Waals surface area contributed by atoms with E-state index in [1.54, 1.807) is 0 Å². The van der Waals surface area contributed by atoms with Crippen LogP contribution in [0.1, 0.15) is 38.2 Å². The highest BCUT2D eigenvalue weighted by atomic mass is 16.5. The van der Waals surface area contributed by atoms with Crippen molar-refractivity contribution in [1.29, 1.82) is 0 Å². The molecule has 1 aliphatic heterocycles. The zero-order chi connectivity index (χ0) is 21.7. The van der Waals surface area contributed by atoms with Gasteiger partial charge in [0.05, 0.1) is 11.8 Å². The molecule has 1 aromatic carbocycles. The van der Waals surface area contributed by atoms with Crippen LogP contribution in [0.4, 0.5) is 4.79 Å². The number of esters is 1. The highest BCUT2D eigenvalue weighted by Crippen LogP contribution is 2.38. The number of carbonyl (C=O) groups is 5. The number of rotatable bonds is 6. The highest BCUT2D eigenvalue weighted by Gasteiger charge is 2.51. The molecule has 1 saturated heterocycles. The summed E-state index contributed by atoms with van der Waals surface area (Å²) in [5.74, 6) is -3.10. The van der Waals surface area contributed by atoms with Gasteiger partial charge in [-0.1, -0.05) is 43.2 Å². The molecule has 1 aromatic rings. The Hall–Kier alpha value is -3.23. The predicted molar refractivity (Wildman–Crippen MR) is 105 cm³/mol. The maximum absolute atomic E-state index is 12.5. The van der Waals surface area contributed by atoms with E-state index in [4.69, 9.17) is 4.74 Å². The molecule has 0 radical (unpaired) electrons. The summed E-state index contributed by atoms with van der Waals surface area (Å²) in [6.07, 6.45) is 3.07. The molecule has 0 spiro atoms. The van der Waals surface area contributed by atoms with Gasteiger partial charge in [-0.25, -0.2) is 9.59 Å². The largest absolute Gasteiger partial charge is 0.454 e. The van der Waals surface area contributed by atoms with Crippen LogP contribution < -0.4 is 10.6 Å². The molecule has 1 aliphatic carbocycles. The number of hydrogen-bond donors (Lipinski definition) is 2. The van der Waals surface area contributed by atoms with Gasteiger partial charge in [-0.05, 0) is 25.3 Å². The fourth-order valence-corrected chi connectivity index (χ4v) is 3.92. The van der Waals surface area contributed by atoms with Crippen LogP contribution in [0.2, 0.25) is 0 Å². The van der Waals surface area contributed by atoms with Gasteiger partial charge in [0.25, 0.3) is 5.91 Å². The summed E-state index contributed by atoms with van der Waals surface area (Å²) >= 11 is 0. The fourth-order valence-electron chi connectivity index (χ4n) is 3.92. The van der Waals surface area contributed by atoms with Crippen molar-refractivity contribution in [2.24, 2.45) is 11.8 Å². The Morgan fingerprint density at radius 2 is 1.67 bits per heavy atom. The van der Waals surface area contributed by atoms with Gasteiger partial charge in [0.1, 0.15) is 6.04 Å². The zero-order valence-electron chi connectivity index (χ0n) is 16.8. The lowest BCUT2D eigenvalue weighted by Gasteiger charge is -2.21. The molecule has 0 aromatic heterocycles. The summed E-state index contributed by atoms with van der Waals surface area (Å²) in [5.41, 5.74) is 0.862. The van der Waals surface area contributed by atoms with Gasteiger partial charge in [-0.3, -0.25) is 24.6 Å². The first-order valence-corrected chi connectivity index (χ1v) is 10.0. The van der Waals surface area contributed by atoms with Crippen LogP contribution in [0.5, 0.6) is 0 Å². The maximum Gasteiger partial charge on any atom is 0.329 e. The van der Waals surface area contributed by atoms with Crippen LogP contribution in [0, 0.1) is 11.8 Å². The van der Waals surface area contributed by atoms with E-state index in [2.05, 4.69) is 10.6 Å². The number of fused-ring (bicyclic) bond motifs is 1. The van der Waals surface area contributed by atoms with E-state index < -0.39 is 30.6 Å². The Balaban J connectivity index is 1.44. The van der Waals surface area contributed by atoms with Gasteiger partial charge in [0.15, 0.2) is 6.61 Å². The number of amides is 5. The molecule has 160 valence electrons. The minimum absolute atomic E-state index is 0.234. The quantitative estimate of drug-likeness (QED) is 0.530. The first-order chi connectivity index (χ1) is 14.4. The summed E-state index contributed by atoms with van der Waals surface area (Å²) in [6, 6.07) is 7.30. The highest BCUT2D eigenvalue weighted by molar-refractivity contribution is 6.08. The lowest BCUT2D eigenvalue weighted by molar-refractivity contribution is -0.159. The topological polar surface area (TPSA) is 122 Å². The third kappa shape index (κ3) is 4.84. The van der Waals surface area contributed by atoms with Gasteiger partial charge in [-0.2, -0.15) is 0 Å². The number of nitrogens with one attached hydrogen (secondary N) is 2. The zero-order valence-corrected chi connectivity index (χ0v) is 16.8. The van der Waals surface area contributed by atoms with Gasteiger partial charge in [0.2, 0.25) is 11.8 Å². The van der Waals surface area contributed by atoms with E-state index in [1.165, 1.54) is 6.92 Å². The molecule has 1 heterocycles. The molecule has 9 heteroatoms. The molecule has 1 saturated carbocycles. The maximum atomic E-state index is 12.5. The van der Waals surface area contributed by atoms with E-state index in [1.807, 2.05) is 30.3 Å². The van der Waals surface area contributed by atoms with Crippen LogP contribution in [-0.4, -0.2) is 47.3 Å². The van der Waals surface area contributed by atoms with Crippen LogP contribution in [-0.2, 0) is 30.5 Å². The van der Waals surface area contributed by atoms with E-state index in [0.29, 0.717) is 12.8 Å². The second-order valence-electron chi connectivity index (χ2n) is 7.54.